The zero-order valence-corrected chi connectivity index (χ0v) is 17.2. The van der Waals surface area contributed by atoms with E-state index in [-0.39, 0.29) is 24.1 Å². The summed E-state index contributed by atoms with van der Waals surface area (Å²) in [5.74, 6) is -0.0232. The van der Waals surface area contributed by atoms with Gasteiger partial charge in [0.05, 0.1) is 12.1 Å². The van der Waals surface area contributed by atoms with E-state index in [1.165, 1.54) is 23.5 Å². The van der Waals surface area contributed by atoms with Crippen molar-refractivity contribution < 1.29 is 14.0 Å². The first-order chi connectivity index (χ1) is 14.1. The standard InChI is InChI=1S/C21H25FN4O2S/c22-17-6-4-16(5-7-17)14-24-8-2-9-25(12-11-24)20(28)13-18-15-29-21(23-18)26-10-1-3-19(26)27/h4-7,15H,1-3,8-14H2. The van der Waals surface area contributed by atoms with Crippen LogP contribution in [0.4, 0.5) is 9.52 Å². The largest absolute Gasteiger partial charge is 0.341 e. The van der Waals surface area contributed by atoms with Gasteiger partial charge in [-0.25, -0.2) is 9.37 Å². The lowest BCUT2D eigenvalue weighted by Crippen LogP contribution is -2.36. The van der Waals surface area contributed by atoms with Crippen LogP contribution in [-0.2, 0) is 22.6 Å². The van der Waals surface area contributed by atoms with Gasteiger partial charge in [-0.2, -0.15) is 0 Å². The van der Waals surface area contributed by atoms with Crippen LogP contribution in [0.5, 0.6) is 0 Å². The van der Waals surface area contributed by atoms with E-state index in [2.05, 4.69) is 9.88 Å². The number of nitrogens with zero attached hydrogens (tertiary/aromatic N) is 4. The van der Waals surface area contributed by atoms with Crippen molar-refractivity contribution in [2.75, 3.05) is 37.6 Å². The molecule has 3 heterocycles. The van der Waals surface area contributed by atoms with Gasteiger partial charge < -0.3 is 4.90 Å². The molecule has 2 aromatic rings. The molecule has 0 bridgehead atoms. The number of aromatic nitrogens is 1. The minimum absolute atomic E-state index is 0.0817. The van der Waals surface area contributed by atoms with Crippen LogP contribution in [0.15, 0.2) is 29.6 Å². The molecule has 29 heavy (non-hydrogen) atoms. The highest BCUT2D eigenvalue weighted by Crippen LogP contribution is 2.25. The van der Waals surface area contributed by atoms with Crippen molar-refractivity contribution in [2.24, 2.45) is 0 Å². The Morgan fingerprint density at radius 2 is 1.90 bits per heavy atom. The number of hydrogen-bond donors (Lipinski definition) is 0. The molecule has 2 fully saturated rings. The molecule has 8 heteroatoms. The van der Waals surface area contributed by atoms with Crippen molar-refractivity contribution in [3.8, 4) is 0 Å². The first-order valence-corrected chi connectivity index (χ1v) is 11.0. The fourth-order valence-electron chi connectivity index (χ4n) is 3.85. The Bertz CT molecular complexity index is 870. The number of carbonyl (C=O) groups is 2. The quantitative estimate of drug-likeness (QED) is 0.752. The number of benzene rings is 1. The Hall–Kier alpha value is -2.32. The molecule has 2 aliphatic rings. The van der Waals surface area contributed by atoms with E-state index in [0.717, 1.165) is 56.8 Å². The van der Waals surface area contributed by atoms with Gasteiger partial charge in [0.25, 0.3) is 0 Å². The minimum Gasteiger partial charge on any atom is -0.341 e. The lowest BCUT2D eigenvalue weighted by molar-refractivity contribution is -0.130. The van der Waals surface area contributed by atoms with Crippen molar-refractivity contribution in [1.82, 2.24) is 14.8 Å². The van der Waals surface area contributed by atoms with Crippen LogP contribution in [0.3, 0.4) is 0 Å². The summed E-state index contributed by atoms with van der Waals surface area (Å²) in [6, 6.07) is 6.60. The number of hydrogen-bond acceptors (Lipinski definition) is 5. The molecule has 2 saturated heterocycles. The summed E-state index contributed by atoms with van der Waals surface area (Å²) in [7, 11) is 0. The highest BCUT2D eigenvalue weighted by molar-refractivity contribution is 7.14. The molecule has 0 spiro atoms. The third-order valence-electron chi connectivity index (χ3n) is 5.44. The van der Waals surface area contributed by atoms with Gasteiger partial charge in [-0.05, 0) is 30.5 Å². The second-order valence-electron chi connectivity index (χ2n) is 7.58. The van der Waals surface area contributed by atoms with Crippen LogP contribution in [-0.4, -0.2) is 59.3 Å². The molecule has 154 valence electrons. The van der Waals surface area contributed by atoms with E-state index in [1.54, 1.807) is 4.90 Å². The minimum atomic E-state index is -0.222. The van der Waals surface area contributed by atoms with Gasteiger partial charge in [0, 0.05) is 51.1 Å². The highest BCUT2D eigenvalue weighted by Gasteiger charge is 2.25. The van der Waals surface area contributed by atoms with Crippen molar-refractivity contribution in [3.05, 3.63) is 46.7 Å². The maximum Gasteiger partial charge on any atom is 0.228 e. The molecule has 0 atom stereocenters. The molecule has 0 N–H and O–H groups in total. The zero-order chi connectivity index (χ0) is 20.2. The van der Waals surface area contributed by atoms with Gasteiger partial charge in [0.15, 0.2) is 5.13 Å². The lowest BCUT2D eigenvalue weighted by atomic mass is 10.2. The zero-order valence-electron chi connectivity index (χ0n) is 16.3. The monoisotopic (exact) mass is 416 g/mol. The van der Waals surface area contributed by atoms with Crippen molar-refractivity contribution in [3.63, 3.8) is 0 Å². The molecule has 2 aliphatic heterocycles. The maximum atomic E-state index is 13.1. The Labute approximate surface area is 173 Å². The number of rotatable bonds is 5. The Morgan fingerprint density at radius 1 is 1.07 bits per heavy atom. The second-order valence-corrected chi connectivity index (χ2v) is 8.42. The molecule has 6 nitrogen and oxygen atoms in total. The molecular formula is C21H25FN4O2S. The van der Waals surface area contributed by atoms with Crippen LogP contribution in [0.25, 0.3) is 0 Å². The van der Waals surface area contributed by atoms with Gasteiger partial charge in [0.1, 0.15) is 5.82 Å². The van der Waals surface area contributed by atoms with Gasteiger partial charge >= 0.3 is 0 Å². The van der Waals surface area contributed by atoms with E-state index in [4.69, 9.17) is 0 Å². The summed E-state index contributed by atoms with van der Waals surface area (Å²) in [6.45, 7) is 4.62. The van der Waals surface area contributed by atoms with E-state index < -0.39 is 0 Å². The maximum absolute atomic E-state index is 13.1. The average molecular weight is 417 g/mol. The van der Waals surface area contributed by atoms with Crippen molar-refractivity contribution >= 4 is 28.3 Å². The van der Waals surface area contributed by atoms with Gasteiger partial charge in [-0.3, -0.25) is 19.4 Å². The van der Waals surface area contributed by atoms with E-state index >= 15 is 0 Å². The Balaban J connectivity index is 1.30. The third-order valence-corrected chi connectivity index (χ3v) is 6.35. The number of amides is 2. The predicted octanol–water partition coefficient (Wildman–Crippen LogP) is 2.69. The Kier molecular flexibility index (Phi) is 6.20. The van der Waals surface area contributed by atoms with Gasteiger partial charge in [0.2, 0.25) is 11.8 Å². The van der Waals surface area contributed by atoms with Crippen molar-refractivity contribution in [2.45, 2.75) is 32.2 Å². The fourth-order valence-corrected chi connectivity index (χ4v) is 4.71. The number of anilines is 1. The summed E-state index contributed by atoms with van der Waals surface area (Å²) >= 11 is 1.43. The SMILES string of the molecule is O=C(Cc1csc(N2CCCC2=O)n1)N1CCCN(Cc2ccc(F)cc2)CC1. The third kappa shape index (κ3) is 5.00. The van der Waals surface area contributed by atoms with Crippen LogP contribution >= 0.6 is 11.3 Å². The smallest absolute Gasteiger partial charge is 0.228 e. The van der Waals surface area contributed by atoms with Gasteiger partial charge in [-0.1, -0.05) is 12.1 Å². The average Bonchev–Trinajstić information content (AvgIpc) is 3.27. The van der Waals surface area contributed by atoms with Crippen LogP contribution in [0.2, 0.25) is 0 Å². The van der Waals surface area contributed by atoms with E-state index in [0.29, 0.717) is 18.1 Å². The number of carbonyl (C=O) groups excluding carboxylic acids is 2. The number of thiazole rings is 1. The summed E-state index contributed by atoms with van der Waals surface area (Å²) in [6.07, 6.45) is 2.64. The van der Waals surface area contributed by atoms with Crippen LogP contribution < -0.4 is 4.90 Å². The van der Waals surface area contributed by atoms with Gasteiger partial charge in [-0.15, -0.1) is 11.3 Å². The first-order valence-electron chi connectivity index (χ1n) is 10.1. The summed E-state index contributed by atoms with van der Waals surface area (Å²) in [5, 5.41) is 2.59. The fraction of sp³-hybridized carbons (Fsp3) is 0.476. The summed E-state index contributed by atoms with van der Waals surface area (Å²) < 4.78 is 13.1. The van der Waals surface area contributed by atoms with E-state index in [9.17, 15) is 14.0 Å². The van der Waals surface area contributed by atoms with Crippen LogP contribution in [0, 0.1) is 5.82 Å². The van der Waals surface area contributed by atoms with E-state index in [1.807, 2.05) is 22.4 Å². The summed E-state index contributed by atoms with van der Waals surface area (Å²) in [4.78, 5) is 35.1. The topological polar surface area (TPSA) is 56.8 Å². The molecular weight excluding hydrogens is 391 g/mol. The lowest BCUT2D eigenvalue weighted by Gasteiger charge is -2.22. The second kappa shape index (κ2) is 9.00. The molecule has 1 aromatic carbocycles. The molecule has 4 rings (SSSR count). The summed E-state index contributed by atoms with van der Waals surface area (Å²) in [5.41, 5.74) is 1.82. The Morgan fingerprint density at radius 3 is 2.66 bits per heavy atom. The molecule has 0 unspecified atom stereocenters. The normalized spacial score (nSPS) is 18.3. The predicted molar refractivity (Wildman–Crippen MR) is 110 cm³/mol. The molecule has 0 radical (unpaired) electrons. The highest BCUT2D eigenvalue weighted by atomic mass is 32.1. The molecule has 1 aromatic heterocycles. The molecule has 0 aliphatic carbocycles. The molecule has 0 saturated carbocycles. The van der Waals surface area contributed by atoms with Crippen LogP contribution in [0.1, 0.15) is 30.5 Å². The van der Waals surface area contributed by atoms with Crippen molar-refractivity contribution in [1.29, 1.82) is 0 Å². The number of halogens is 1. The first kappa shape index (κ1) is 20.0. The molecule has 2 amide bonds.